The van der Waals surface area contributed by atoms with Crippen molar-refractivity contribution < 1.29 is 9.53 Å². The van der Waals surface area contributed by atoms with Crippen molar-refractivity contribution >= 4 is 5.91 Å². The van der Waals surface area contributed by atoms with Gasteiger partial charge in [0.2, 0.25) is 5.91 Å². The lowest BCUT2D eigenvalue weighted by atomic mass is 9.73. The summed E-state index contributed by atoms with van der Waals surface area (Å²) in [6.07, 6.45) is 2.44. The molecule has 4 heteroatoms. The molecule has 0 aromatic heterocycles. The van der Waals surface area contributed by atoms with E-state index in [0.717, 1.165) is 31.4 Å². The number of nitrogens with two attached hydrogens (primary N) is 1. The summed E-state index contributed by atoms with van der Waals surface area (Å²) in [5, 5.41) is 0. The Morgan fingerprint density at radius 1 is 1.29 bits per heavy atom. The smallest absolute Gasteiger partial charge is 0.233 e. The fraction of sp³-hybridized carbons (Fsp3) is 0.588. The summed E-state index contributed by atoms with van der Waals surface area (Å²) in [6.45, 7) is 4.85. The molecule has 2 saturated heterocycles. The van der Waals surface area contributed by atoms with Crippen LogP contribution < -0.4 is 5.73 Å². The maximum absolute atomic E-state index is 13.2. The molecule has 21 heavy (non-hydrogen) atoms. The van der Waals surface area contributed by atoms with E-state index < -0.39 is 5.41 Å². The highest BCUT2D eigenvalue weighted by molar-refractivity contribution is 5.88. The molecule has 2 aliphatic rings. The number of ether oxygens (including phenoxy) is 1. The van der Waals surface area contributed by atoms with Gasteiger partial charge in [-0.2, -0.15) is 0 Å². The summed E-state index contributed by atoms with van der Waals surface area (Å²) in [6, 6.07) is 8.53. The third kappa shape index (κ3) is 2.70. The minimum Gasteiger partial charge on any atom is -0.381 e. The minimum atomic E-state index is -0.421. The highest BCUT2D eigenvalue weighted by Gasteiger charge is 2.45. The topological polar surface area (TPSA) is 55.6 Å². The lowest BCUT2D eigenvalue weighted by Crippen LogP contribution is -2.49. The van der Waals surface area contributed by atoms with Crippen LogP contribution in [-0.4, -0.2) is 43.2 Å². The first-order valence-corrected chi connectivity index (χ1v) is 7.82. The molecule has 114 valence electrons. The van der Waals surface area contributed by atoms with E-state index in [2.05, 4.69) is 31.2 Å². The SMILES string of the molecule is Cc1ccc(C2(C(=O)N3CC[C@H](N)C3)CCOCC2)cc1. The third-order valence-electron chi connectivity index (χ3n) is 4.87. The van der Waals surface area contributed by atoms with Crippen molar-refractivity contribution in [2.24, 2.45) is 5.73 Å². The van der Waals surface area contributed by atoms with Crippen LogP contribution in [0.1, 0.15) is 30.4 Å². The molecule has 3 rings (SSSR count). The Kier molecular flexibility index (Phi) is 4.00. The number of nitrogens with zero attached hydrogens (tertiary/aromatic N) is 1. The molecule has 1 amide bonds. The Balaban J connectivity index is 1.92. The van der Waals surface area contributed by atoms with Gasteiger partial charge in [-0.25, -0.2) is 0 Å². The fourth-order valence-corrected chi connectivity index (χ4v) is 3.49. The van der Waals surface area contributed by atoms with Gasteiger partial charge in [0.1, 0.15) is 0 Å². The van der Waals surface area contributed by atoms with Gasteiger partial charge in [-0.1, -0.05) is 29.8 Å². The Morgan fingerprint density at radius 2 is 1.95 bits per heavy atom. The molecule has 0 spiro atoms. The largest absolute Gasteiger partial charge is 0.381 e. The molecule has 1 atom stereocenters. The number of hydrogen-bond acceptors (Lipinski definition) is 3. The Labute approximate surface area is 126 Å². The molecule has 0 bridgehead atoms. The molecule has 1 aromatic carbocycles. The number of carbonyl (C=O) groups is 1. The Bertz CT molecular complexity index is 506. The number of aryl methyl sites for hydroxylation is 1. The summed E-state index contributed by atoms with van der Waals surface area (Å²) < 4.78 is 5.51. The van der Waals surface area contributed by atoms with Crippen LogP contribution in [0, 0.1) is 6.92 Å². The Morgan fingerprint density at radius 3 is 2.52 bits per heavy atom. The molecule has 2 N–H and O–H groups in total. The first-order chi connectivity index (χ1) is 10.1. The van der Waals surface area contributed by atoms with E-state index in [1.54, 1.807) is 0 Å². The third-order valence-corrected chi connectivity index (χ3v) is 4.87. The molecular weight excluding hydrogens is 264 g/mol. The van der Waals surface area contributed by atoms with E-state index in [0.29, 0.717) is 19.8 Å². The molecule has 0 unspecified atom stereocenters. The summed E-state index contributed by atoms with van der Waals surface area (Å²) in [5.74, 6) is 0.239. The van der Waals surface area contributed by atoms with Crippen molar-refractivity contribution in [3.05, 3.63) is 35.4 Å². The first-order valence-electron chi connectivity index (χ1n) is 7.82. The molecule has 2 fully saturated rings. The van der Waals surface area contributed by atoms with Crippen molar-refractivity contribution in [3.63, 3.8) is 0 Å². The van der Waals surface area contributed by atoms with Crippen LogP contribution in [0.4, 0.5) is 0 Å². The van der Waals surface area contributed by atoms with E-state index in [4.69, 9.17) is 10.5 Å². The zero-order chi connectivity index (χ0) is 14.9. The van der Waals surface area contributed by atoms with Gasteiger partial charge < -0.3 is 15.4 Å². The van der Waals surface area contributed by atoms with Gasteiger partial charge in [-0.3, -0.25) is 4.79 Å². The van der Waals surface area contributed by atoms with Gasteiger partial charge in [0, 0.05) is 32.3 Å². The number of benzene rings is 1. The van der Waals surface area contributed by atoms with Crippen molar-refractivity contribution in [2.75, 3.05) is 26.3 Å². The zero-order valence-corrected chi connectivity index (χ0v) is 12.7. The Hall–Kier alpha value is -1.39. The molecular formula is C17H24N2O2. The molecule has 0 saturated carbocycles. The molecule has 4 nitrogen and oxygen atoms in total. The quantitative estimate of drug-likeness (QED) is 0.899. The predicted octanol–water partition coefficient (Wildman–Crippen LogP) is 1.60. The van der Waals surface area contributed by atoms with E-state index in [1.807, 2.05) is 4.90 Å². The van der Waals surface area contributed by atoms with Crippen molar-refractivity contribution in [2.45, 2.75) is 37.6 Å². The van der Waals surface area contributed by atoms with Crippen LogP contribution in [0.5, 0.6) is 0 Å². The van der Waals surface area contributed by atoms with Crippen LogP contribution in [-0.2, 0) is 14.9 Å². The van der Waals surface area contributed by atoms with Crippen LogP contribution >= 0.6 is 0 Å². The molecule has 2 aliphatic heterocycles. The summed E-state index contributed by atoms with van der Waals surface area (Å²) >= 11 is 0. The molecule has 0 radical (unpaired) electrons. The summed E-state index contributed by atoms with van der Waals surface area (Å²) in [7, 11) is 0. The van der Waals surface area contributed by atoms with Crippen molar-refractivity contribution in [3.8, 4) is 0 Å². The highest BCUT2D eigenvalue weighted by atomic mass is 16.5. The van der Waals surface area contributed by atoms with Gasteiger partial charge in [0.15, 0.2) is 0 Å². The number of hydrogen-bond donors (Lipinski definition) is 1. The second kappa shape index (κ2) is 5.78. The highest BCUT2D eigenvalue weighted by Crippen LogP contribution is 2.37. The van der Waals surface area contributed by atoms with Gasteiger partial charge in [-0.15, -0.1) is 0 Å². The minimum absolute atomic E-state index is 0.129. The zero-order valence-electron chi connectivity index (χ0n) is 12.7. The van der Waals surface area contributed by atoms with E-state index in [-0.39, 0.29) is 11.9 Å². The number of amides is 1. The predicted molar refractivity (Wildman–Crippen MR) is 82.1 cm³/mol. The second-order valence-corrected chi connectivity index (χ2v) is 6.36. The van der Waals surface area contributed by atoms with Gasteiger partial charge in [0.05, 0.1) is 5.41 Å². The molecule has 1 aromatic rings. The first kappa shape index (κ1) is 14.5. The van der Waals surface area contributed by atoms with Gasteiger partial charge >= 0.3 is 0 Å². The van der Waals surface area contributed by atoms with Crippen molar-refractivity contribution in [1.29, 1.82) is 0 Å². The standard InChI is InChI=1S/C17H24N2O2/c1-13-2-4-14(5-3-13)17(7-10-21-11-8-17)16(20)19-9-6-15(18)12-19/h2-5,15H,6-12,18H2,1H3/t15-/m0/s1. The normalized spacial score (nSPS) is 25.0. The van der Waals surface area contributed by atoms with Gasteiger partial charge in [-0.05, 0) is 31.7 Å². The number of likely N-dealkylation sites (tertiary alicyclic amines) is 1. The van der Waals surface area contributed by atoms with E-state index >= 15 is 0 Å². The average molecular weight is 288 g/mol. The summed E-state index contributed by atoms with van der Waals surface area (Å²) in [4.78, 5) is 15.1. The average Bonchev–Trinajstić information content (AvgIpc) is 2.94. The van der Waals surface area contributed by atoms with Crippen LogP contribution in [0.25, 0.3) is 0 Å². The molecule has 2 heterocycles. The second-order valence-electron chi connectivity index (χ2n) is 6.36. The van der Waals surface area contributed by atoms with Gasteiger partial charge in [0.25, 0.3) is 0 Å². The maximum atomic E-state index is 13.2. The van der Waals surface area contributed by atoms with Crippen LogP contribution in [0.2, 0.25) is 0 Å². The van der Waals surface area contributed by atoms with Crippen LogP contribution in [0.15, 0.2) is 24.3 Å². The lowest BCUT2D eigenvalue weighted by molar-refractivity contribution is -0.140. The number of carbonyl (C=O) groups excluding carboxylic acids is 1. The molecule has 0 aliphatic carbocycles. The fourth-order valence-electron chi connectivity index (χ4n) is 3.49. The number of rotatable bonds is 2. The maximum Gasteiger partial charge on any atom is 0.233 e. The lowest BCUT2D eigenvalue weighted by Gasteiger charge is -2.39. The monoisotopic (exact) mass is 288 g/mol. The van der Waals surface area contributed by atoms with Crippen LogP contribution in [0.3, 0.4) is 0 Å². The van der Waals surface area contributed by atoms with Crippen molar-refractivity contribution in [1.82, 2.24) is 4.90 Å². The van der Waals surface area contributed by atoms with E-state index in [1.165, 1.54) is 5.56 Å². The summed E-state index contributed by atoms with van der Waals surface area (Å²) in [5.41, 5.74) is 7.90. The van der Waals surface area contributed by atoms with E-state index in [9.17, 15) is 4.79 Å².